The number of carbonyl (C=O) groups is 3. The van der Waals surface area contributed by atoms with Crippen molar-refractivity contribution < 1.29 is 38.1 Å². The van der Waals surface area contributed by atoms with Crippen LogP contribution in [-0.4, -0.2) is 58.0 Å². The molecule has 0 aliphatic carbocycles. The van der Waals surface area contributed by atoms with Crippen LogP contribution in [0.25, 0.3) is 0 Å². The smallest absolute Gasteiger partial charge is 0.338 e. The van der Waals surface area contributed by atoms with E-state index < -0.39 is 30.6 Å². The number of urea groups is 1. The number of ether oxygens (including phenoxy) is 5. The molecule has 0 fully saturated rings. The fourth-order valence-electron chi connectivity index (χ4n) is 2.75. The zero-order chi connectivity index (χ0) is 22.2. The minimum atomic E-state index is -0.780. The summed E-state index contributed by atoms with van der Waals surface area (Å²) in [5.74, 6) is 0.482. The van der Waals surface area contributed by atoms with Gasteiger partial charge in [-0.25, -0.2) is 9.59 Å². The van der Waals surface area contributed by atoms with E-state index in [4.69, 9.17) is 23.7 Å². The molecule has 3 rings (SSSR count). The summed E-state index contributed by atoms with van der Waals surface area (Å²) in [6.45, 7) is -0.246. The number of esters is 1. The van der Waals surface area contributed by atoms with Crippen LogP contribution >= 0.6 is 0 Å². The number of rotatable bonds is 7. The average molecular weight is 430 g/mol. The molecular formula is C21H22N2O8. The number of methoxy groups -OCH3 is 2. The van der Waals surface area contributed by atoms with E-state index in [0.717, 1.165) is 0 Å². The molecule has 0 saturated carbocycles. The van der Waals surface area contributed by atoms with E-state index in [9.17, 15) is 14.4 Å². The maximum atomic E-state index is 12.1. The molecule has 2 aromatic rings. The molecule has 2 N–H and O–H groups in total. The predicted octanol–water partition coefficient (Wildman–Crippen LogP) is 1.53. The monoisotopic (exact) mass is 430 g/mol. The predicted molar refractivity (Wildman–Crippen MR) is 108 cm³/mol. The van der Waals surface area contributed by atoms with Crippen molar-refractivity contribution in [1.82, 2.24) is 10.6 Å². The number of hydrogen-bond donors (Lipinski definition) is 2. The van der Waals surface area contributed by atoms with Crippen LogP contribution < -0.4 is 29.6 Å². The van der Waals surface area contributed by atoms with Crippen molar-refractivity contribution in [2.24, 2.45) is 0 Å². The molecule has 10 nitrogen and oxygen atoms in total. The number of nitrogens with one attached hydrogen (secondary N) is 2. The summed E-state index contributed by atoms with van der Waals surface area (Å²) in [5, 5.41) is 4.59. The van der Waals surface area contributed by atoms with Gasteiger partial charge in [-0.05, 0) is 30.3 Å². The summed E-state index contributed by atoms with van der Waals surface area (Å²) in [7, 11) is 2.90. The van der Waals surface area contributed by atoms with Crippen LogP contribution in [0.3, 0.4) is 0 Å². The molecule has 1 aliphatic rings. The van der Waals surface area contributed by atoms with Crippen LogP contribution in [0.15, 0.2) is 42.5 Å². The van der Waals surface area contributed by atoms with Crippen molar-refractivity contribution >= 4 is 17.9 Å². The third kappa shape index (κ3) is 5.78. The van der Waals surface area contributed by atoms with Gasteiger partial charge in [-0.15, -0.1) is 0 Å². The molecule has 2 aromatic carbocycles. The van der Waals surface area contributed by atoms with Crippen LogP contribution in [-0.2, 0) is 9.53 Å². The Kier molecular flexibility index (Phi) is 7.15. The Hall–Kier alpha value is -3.95. The summed E-state index contributed by atoms with van der Waals surface area (Å²) in [5.41, 5.74) is 0.171. The maximum absolute atomic E-state index is 12.1. The van der Waals surface area contributed by atoms with Gasteiger partial charge in [0.25, 0.3) is 5.91 Å². The topological polar surface area (TPSA) is 121 Å². The first-order valence-electron chi connectivity index (χ1n) is 9.35. The molecular weight excluding hydrogens is 408 g/mol. The van der Waals surface area contributed by atoms with Crippen LogP contribution in [0.1, 0.15) is 10.4 Å². The van der Waals surface area contributed by atoms with Gasteiger partial charge >= 0.3 is 12.0 Å². The van der Waals surface area contributed by atoms with E-state index in [1.165, 1.54) is 26.4 Å². The van der Waals surface area contributed by atoms with Gasteiger partial charge in [-0.1, -0.05) is 12.1 Å². The van der Waals surface area contributed by atoms with Gasteiger partial charge in [0.2, 0.25) is 0 Å². The van der Waals surface area contributed by atoms with Crippen LogP contribution in [0.2, 0.25) is 0 Å². The van der Waals surface area contributed by atoms with Gasteiger partial charge in [0.05, 0.1) is 26.3 Å². The van der Waals surface area contributed by atoms with E-state index in [2.05, 4.69) is 10.6 Å². The maximum Gasteiger partial charge on any atom is 0.338 e. The van der Waals surface area contributed by atoms with Crippen molar-refractivity contribution in [3.05, 3.63) is 48.0 Å². The minimum Gasteiger partial charge on any atom is -0.493 e. The van der Waals surface area contributed by atoms with Gasteiger partial charge in [0.15, 0.2) is 35.7 Å². The zero-order valence-corrected chi connectivity index (χ0v) is 17.0. The van der Waals surface area contributed by atoms with Gasteiger partial charge < -0.3 is 29.0 Å². The average Bonchev–Trinajstić information content (AvgIpc) is 2.80. The number of carbonyl (C=O) groups excluding carboxylic acids is 3. The second kappa shape index (κ2) is 10.2. The molecule has 31 heavy (non-hydrogen) atoms. The summed E-state index contributed by atoms with van der Waals surface area (Å²) in [6, 6.07) is 10.9. The van der Waals surface area contributed by atoms with Gasteiger partial charge in [0.1, 0.15) is 6.61 Å². The number of hydrogen-bond acceptors (Lipinski definition) is 8. The van der Waals surface area contributed by atoms with Crippen LogP contribution in [0.5, 0.6) is 23.0 Å². The van der Waals surface area contributed by atoms with Gasteiger partial charge in [-0.3, -0.25) is 10.1 Å². The Morgan fingerprint density at radius 2 is 1.77 bits per heavy atom. The number of amides is 3. The van der Waals surface area contributed by atoms with Crippen LogP contribution in [0, 0.1) is 0 Å². The summed E-state index contributed by atoms with van der Waals surface area (Å²) >= 11 is 0. The number of imide groups is 1. The van der Waals surface area contributed by atoms with E-state index in [1.807, 2.05) is 12.1 Å². The molecule has 3 amide bonds. The lowest BCUT2D eigenvalue weighted by Crippen LogP contribution is -2.46. The lowest BCUT2D eigenvalue weighted by Gasteiger charge is -2.26. The Bertz CT molecular complexity index is 962. The molecule has 0 aromatic heterocycles. The molecule has 1 unspecified atom stereocenters. The second-order valence-corrected chi connectivity index (χ2v) is 6.40. The van der Waals surface area contributed by atoms with E-state index in [1.54, 1.807) is 18.2 Å². The molecule has 1 atom stereocenters. The first-order valence-corrected chi connectivity index (χ1v) is 9.35. The first kappa shape index (κ1) is 21.8. The van der Waals surface area contributed by atoms with E-state index in [-0.39, 0.29) is 18.7 Å². The fourth-order valence-corrected chi connectivity index (χ4v) is 2.75. The molecule has 0 saturated heterocycles. The largest absolute Gasteiger partial charge is 0.493 e. The molecule has 0 radical (unpaired) electrons. The zero-order valence-electron chi connectivity index (χ0n) is 17.0. The molecule has 1 aliphatic heterocycles. The highest BCUT2D eigenvalue weighted by Crippen LogP contribution is 2.30. The number of benzene rings is 2. The molecule has 0 spiro atoms. The molecule has 1 heterocycles. The molecule has 164 valence electrons. The summed E-state index contributed by atoms with van der Waals surface area (Å²) in [4.78, 5) is 35.9. The molecule has 10 heteroatoms. The lowest BCUT2D eigenvalue weighted by atomic mass is 10.2. The van der Waals surface area contributed by atoms with Gasteiger partial charge in [-0.2, -0.15) is 0 Å². The first-order chi connectivity index (χ1) is 15.0. The highest BCUT2D eigenvalue weighted by Gasteiger charge is 2.21. The van der Waals surface area contributed by atoms with Crippen molar-refractivity contribution in [3.8, 4) is 23.0 Å². The third-order valence-corrected chi connectivity index (χ3v) is 4.26. The number of fused-ring (bicyclic) bond motifs is 1. The molecule has 0 bridgehead atoms. The van der Waals surface area contributed by atoms with Crippen LogP contribution in [0.4, 0.5) is 4.79 Å². The SMILES string of the molecule is COc1ccc(C(=O)OCC(=O)NC(=O)NCC2COc3ccccc3O2)cc1OC. The van der Waals surface area contributed by atoms with Crippen molar-refractivity contribution in [2.45, 2.75) is 6.10 Å². The summed E-state index contributed by atoms with van der Waals surface area (Å²) < 4.78 is 26.4. The minimum absolute atomic E-state index is 0.124. The normalized spacial score (nSPS) is 14.2. The standard InChI is InChI=1S/C21H22N2O8/c1-27-15-8-7-13(9-18(15)28-2)20(25)30-12-19(24)23-21(26)22-10-14-11-29-16-5-3-4-6-17(16)31-14/h3-9,14H,10-12H2,1-2H3,(H2,22,23,24,26). The third-order valence-electron chi connectivity index (χ3n) is 4.26. The highest BCUT2D eigenvalue weighted by molar-refractivity contribution is 5.97. The Balaban J connectivity index is 1.40. The Morgan fingerprint density at radius 1 is 1.03 bits per heavy atom. The van der Waals surface area contributed by atoms with E-state index >= 15 is 0 Å². The van der Waals surface area contributed by atoms with Crippen molar-refractivity contribution in [3.63, 3.8) is 0 Å². The quantitative estimate of drug-likeness (QED) is 0.635. The highest BCUT2D eigenvalue weighted by atomic mass is 16.6. The fraction of sp³-hybridized carbons (Fsp3) is 0.286. The van der Waals surface area contributed by atoms with Gasteiger partial charge in [0, 0.05) is 0 Å². The second-order valence-electron chi connectivity index (χ2n) is 6.40. The van der Waals surface area contributed by atoms with E-state index in [0.29, 0.717) is 23.0 Å². The Labute approximate surface area is 178 Å². The lowest BCUT2D eigenvalue weighted by molar-refractivity contribution is -0.123. The van der Waals surface area contributed by atoms with Crippen molar-refractivity contribution in [2.75, 3.05) is 34.0 Å². The summed E-state index contributed by atoms with van der Waals surface area (Å²) in [6.07, 6.45) is -0.404. The Morgan fingerprint density at radius 3 is 2.52 bits per heavy atom. The van der Waals surface area contributed by atoms with Crippen molar-refractivity contribution in [1.29, 1.82) is 0 Å². The number of para-hydroxylation sites is 2.